The van der Waals surface area contributed by atoms with Crippen molar-refractivity contribution in [2.24, 2.45) is 0 Å². The fourth-order valence-electron chi connectivity index (χ4n) is 3.35. The van der Waals surface area contributed by atoms with Crippen molar-refractivity contribution in [2.75, 3.05) is 11.8 Å². The lowest BCUT2D eigenvalue weighted by Crippen LogP contribution is -2.38. The summed E-state index contributed by atoms with van der Waals surface area (Å²) in [5, 5.41) is 2.43. The Kier molecular flexibility index (Phi) is 8.17. The molecule has 0 aliphatic rings. The summed E-state index contributed by atoms with van der Waals surface area (Å²) in [4.78, 5) is 24.5. The minimum absolute atomic E-state index is 0.111. The van der Waals surface area contributed by atoms with E-state index in [9.17, 15) is 26.8 Å². The lowest BCUT2D eigenvalue weighted by atomic mass is 10.1. The number of methoxy groups -OCH3 is 1. The smallest absolute Gasteiger partial charge is 0.408 e. The molecule has 3 rings (SSSR count). The fourth-order valence-corrected chi connectivity index (χ4v) is 4.40. The number of amides is 1. The van der Waals surface area contributed by atoms with Gasteiger partial charge in [-0.15, -0.1) is 0 Å². The summed E-state index contributed by atoms with van der Waals surface area (Å²) < 4.78 is 65.5. The SMILES string of the molecule is COC(=O)C(NC(=O)OC(C)(C)C)c1cccc(NS(=O)(=O)c2ccc(-c3ccc(F)cc3F)cc2)c1. The molecule has 0 saturated carbocycles. The van der Waals surface area contributed by atoms with E-state index in [2.05, 4.69) is 10.0 Å². The predicted molar refractivity (Wildman–Crippen MR) is 133 cm³/mol. The fraction of sp³-hybridized carbons (Fsp3) is 0.231. The second kappa shape index (κ2) is 11.0. The molecular formula is C26H26F2N2O6S. The first-order valence-corrected chi connectivity index (χ1v) is 12.5. The molecule has 1 amide bonds. The highest BCUT2D eigenvalue weighted by Gasteiger charge is 2.27. The van der Waals surface area contributed by atoms with Crippen molar-refractivity contribution in [1.29, 1.82) is 0 Å². The number of halogens is 2. The number of carbonyl (C=O) groups excluding carboxylic acids is 2. The molecule has 1 unspecified atom stereocenters. The van der Waals surface area contributed by atoms with Crippen LogP contribution in [0.15, 0.2) is 71.6 Å². The average molecular weight is 533 g/mol. The van der Waals surface area contributed by atoms with E-state index in [1.807, 2.05) is 0 Å². The number of sulfonamides is 1. The summed E-state index contributed by atoms with van der Waals surface area (Å²) >= 11 is 0. The van der Waals surface area contributed by atoms with Crippen LogP contribution in [0.2, 0.25) is 0 Å². The third kappa shape index (κ3) is 7.26. The highest BCUT2D eigenvalue weighted by molar-refractivity contribution is 7.92. The molecular weight excluding hydrogens is 506 g/mol. The van der Waals surface area contributed by atoms with Gasteiger partial charge in [-0.25, -0.2) is 26.8 Å². The molecule has 1 atom stereocenters. The minimum Gasteiger partial charge on any atom is -0.467 e. The van der Waals surface area contributed by atoms with E-state index in [1.165, 1.54) is 54.6 Å². The summed E-state index contributed by atoms with van der Waals surface area (Å²) in [6, 6.07) is 13.1. The molecule has 0 aromatic heterocycles. The van der Waals surface area contributed by atoms with E-state index in [1.54, 1.807) is 20.8 Å². The van der Waals surface area contributed by atoms with E-state index >= 15 is 0 Å². The number of nitrogens with one attached hydrogen (secondary N) is 2. The Bertz CT molecular complexity index is 1400. The Hall–Kier alpha value is -3.99. The Balaban J connectivity index is 1.83. The topological polar surface area (TPSA) is 111 Å². The van der Waals surface area contributed by atoms with Gasteiger partial charge >= 0.3 is 12.1 Å². The van der Waals surface area contributed by atoms with Gasteiger partial charge in [0.2, 0.25) is 0 Å². The molecule has 0 radical (unpaired) electrons. The molecule has 0 aliphatic heterocycles. The van der Waals surface area contributed by atoms with E-state index in [4.69, 9.17) is 9.47 Å². The number of ether oxygens (including phenoxy) is 2. The predicted octanol–water partition coefficient (Wildman–Crippen LogP) is 5.17. The molecule has 3 aromatic rings. The maximum Gasteiger partial charge on any atom is 0.408 e. The van der Waals surface area contributed by atoms with Gasteiger partial charge < -0.3 is 14.8 Å². The van der Waals surface area contributed by atoms with Gasteiger partial charge in [0, 0.05) is 17.3 Å². The van der Waals surface area contributed by atoms with Gasteiger partial charge in [0.25, 0.3) is 10.0 Å². The van der Waals surface area contributed by atoms with Crippen LogP contribution in [0.3, 0.4) is 0 Å². The third-order valence-electron chi connectivity index (χ3n) is 4.98. The van der Waals surface area contributed by atoms with Crippen LogP contribution in [0.4, 0.5) is 19.3 Å². The maximum absolute atomic E-state index is 14.1. The van der Waals surface area contributed by atoms with Crippen molar-refractivity contribution in [2.45, 2.75) is 37.3 Å². The standard InChI is InChI=1S/C26H26F2N2O6S/c1-26(2,3)36-25(32)29-23(24(31)35-4)17-6-5-7-19(14-17)30-37(33,34)20-11-8-16(9-12-20)21-13-10-18(27)15-22(21)28/h5-15,23,30H,1-4H3,(H,29,32). The second-order valence-corrected chi connectivity index (χ2v) is 10.7. The van der Waals surface area contributed by atoms with E-state index in [0.29, 0.717) is 5.56 Å². The summed E-state index contributed by atoms with van der Waals surface area (Å²) in [6.45, 7) is 4.99. The van der Waals surface area contributed by atoms with Crippen molar-refractivity contribution < 1.29 is 36.3 Å². The van der Waals surface area contributed by atoms with Crippen LogP contribution in [0.25, 0.3) is 11.1 Å². The van der Waals surface area contributed by atoms with Gasteiger partial charge in [0.1, 0.15) is 17.2 Å². The molecule has 196 valence electrons. The molecule has 0 fully saturated rings. The number of alkyl carbamates (subject to hydrolysis) is 1. The van der Waals surface area contributed by atoms with Crippen molar-refractivity contribution in [1.82, 2.24) is 5.32 Å². The highest BCUT2D eigenvalue weighted by Crippen LogP contribution is 2.26. The molecule has 8 nitrogen and oxygen atoms in total. The average Bonchev–Trinajstić information content (AvgIpc) is 2.81. The normalized spacial score (nSPS) is 12.4. The Labute approximate surface area is 213 Å². The molecule has 0 spiro atoms. The van der Waals surface area contributed by atoms with Gasteiger partial charge in [-0.1, -0.05) is 24.3 Å². The molecule has 2 N–H and O–H groups in total. The number of esters is 1. The zero-order chi connectivity index (χ0) is 27.4. The van der Waals surface area contributed by atoms with Crippen molar-refractivity contribution in [3.63, 3.8) is 0 Å². The van der Waals surface area contributed by atoms with E-state index in [0.717, 1.165) is 19.2 Å². The van der Waals surface area contributed by atoms with Crippen LogP contribution in [0, 0.1) is 11.6 Å². The largest absolute Gasteiger partial charge is 0.467 e. The first kappa shape index (κ1) is 27.6. The lowest BCUT2D eigenvalue weighted by molar-refractivity contribution is -0.143. The maximum atomic E-state index is 14.1. The van der Waals surface area contributed by atoms with Crippen LogP contribution in [-0.4, -0.2) is 33.2 Å². The monoisotopic (exact) mass is 532 g/mol. The summed E-state index contributed by atoms with van der Waals surface area (Å²) in [5.74, 6) is -2.28. The first-order chi connectivity index (χ1) is 17.3. The number of benzene rings is 3. The Morgan fingerprint density at radius 3 is 2.22 bits per heavy atom. The molecule has 0 heterocycles. The van der Waals surface area contributed by atoms with Crippen molar-refractivity contribution >= 4 is 27.8 Å². The third-order valence-corrected chi connectivity index (χ3v) is 6.37. The summed E-state index contributed by atoms with van der Waals surface area (Å²) in [5.41, 5.74) is 0.0521. The van der Waals surface area contributed by atoms with Crippen molar-refractivity contribution in [3.05, 3.63) is 83.9 Å². The Morgan fingerprint density at radius 1 is 0.946 bits per heavy atom. The van der Waals surface area contributed by atoms with Crippen molar-refractivity contribution in [3.8, 4) is 11.1 Å². The van der Waals surface area contributed by atoms with Gasteiger partial charge in [-0.05, 0) is 68.3 Å². The molecule has 0 aliphatic carbocycles. The number of anilines is 1. The van der Waals surface area contributed by atoms with Crippen LogP contribution in [0.1, 0.15) is 32.4 Å². The van der Waals surface area contributed by atoms with Crippen LogP contribution < -0.4 is 10.0 Å². The van der Waals surface area contributed by atoms with Gasteiger partial charge in [-0.3, -0.25) is 4.72 Å². The zero-order valence-corrected chi connectivity index (χ0v) is 21.4. The first-order valence-electron chi connectivity index (χ1n) is 11.0. The molecule has 3 aromatic carbocycles. The molecule has 0 bridgehead atoms. The zero-order valence-electron chi connectivity index (χ0n) is 20.5. The summed E-state index contributed by atoms with van der Waals surface area (Å²) in [6.07, 6.45) is -0.855. The van der Waals surface area contributed by atoms with Gasteiger partial charge in [0.15, 0.2) is 6.04 Å². The number of hydrogen-bond acceptors (Lipinski definition) is 6. The summed E-state index contributed by atoms with van der Waals surface area (Å²) in [7, 11) is -2.92. The number of hydrogen-bond donors (Lipinski definition) is 2. The Morgan fingerprint density at radius 2 is 1.62 bits per heavy atom. The van der Waals surface area contributed by atoms with Gasteiger partial charge in [-0.2, -0.15) is 0 Å². The minimum atomic E-state index is -4.08. The highest BCUT2D eigenvalue weighted by atomic mass is 32.2. The molecule has 0 saturated heterocycles. The molecule has 11 heteroatoms. The quantitative estimate of drug-likeness (QED) is 0.406. The van der Waals surface area contributed by atoms with Crippen LogP contribution in [0.5, 0.6) is 0 Å². The number of carbonyl (C=O) groups is 2. The molecule has 37 heavy (non-hydrogen) atoms. The number of rotatable bonds is 7. The van der Waals surface area contributed by atoms with Crippen LogP contribution in [-0.2, 0) is 24.3 Å². The van der Waals surface area contributed by atoms with Crippen LogP contribution >= 0.6 is 0 Å². The lowest BCUT2D eigenvalue weighted by Gasteiger charge is -2.23. The second-order valence-electron chi connectivity index (χ2n) is 8.98. The van der Waals surface area contributed by atoms with E-state index < -0.39 is 45.4 Å². The van der Waals surface area contributed by atoms with E-state index in [-0.39, 0.29) is 21.7 Å². The van der Waals surface area contributed by atoms with Gasteiger partial charge in [0.05, 0.1) is 12.0 Å².